The van der Waals surface area contributed by atoms with Crippen molar-refractivity contribution in [2.24, 2.45) is 7.05 Å². The van der Waals surface area contributed by atoms with Gasteiger partial charge in [0.25, 0.3) is 0 Å². The van der Waals surface area contributed by atoms with Gasteiger partial charge in [-0.05, 0) is 24.3 Å². The van der Waals surface area contributed by atoms with Crippen molar-refractivity contribution in [1.82, 2.24) is 19.7 Å². The van der Waals surface area contributed by atoms with E-state index in [0.717, 1.165) is 41.1 Å². The van der Waals surface area contributed by atoms with Crippen LogP contribution < -0.4 is 11.1 Å². The third-order valence-electron chi connectivity index (χ3n) is 3.27. The molecular formula is C14H16N6. The molecule has 2 heterocycles. The van der Waals surface area contributed by atoms with Crippen LogP contribution in [0.4, 0.5) is 11.4 Å². The first-order valence-electron chi connectivity index (χ1n) is 6.45. The molecule has 2 aromatic heterocycles. The molecule has 0 amide bonds. The number of rotatable bonds is 4. The number of nitrogens with zero attached hydrogens (tertiary/aromatic N) is 4. The lowest BCUT2D eigenvalue weighted by Gasteiger charge is -2.10. The van der Waals surface area contributed by atoms with E-state index in [1.807, 2.05) is 35.9 Å². The highest BCUT2D eigenvalue weighted by Crippen LogP contribution is 2.26. The van der Waals surface area contributed by atoms with E-state index in [0.29, 0.717) is 0 Å². The zero-order chi connectivity index (χ0) is 13.9. The Bertz CT molecular complexity index is 733. The number of fused-ring (bicyclic) bond motifs is 1. The van der Waals surface area contributed by atoms with E-state index < -0.39 is 0 Å². The Morgan fingerprint density at radius 3 is 3.00 bits per heavy atom. The van der Waals surface area contributed by atoms with Gasteiger partial charge in [-0.3, -0.25) is 4.98 Å². The zero-order valence-corrected chi connectivity index (χ0v) is 11.2. The molecule has 0 bridgehead atoms. The molecule has 0 saturated heterocycles. The lowest BCUT2D eigenvalue weighted by Crippen LogP contribution is -2.09. The zero-order valence-electron chi connectivity index (χ0n) is 11.2. The number of pyridine rings is 1. The third kappa shape index (κ3) is 2.27. The average Bonchev–Trinajstić information content (AvgIpc) is 2.87. The van der Waals surface area contributed by atoms with E-state index in [4.69, 9.17) is 5.73 Å². The molecule has 0 unspecified atom stereocenters. The molecule has 0 aliphatic heterocycles. The van der Waals surface area contributed by atoms with Crippen LogP contribution in [0.2, 0.25) is 0 Å². The van der Waals surface area contributed by atoms with Gasteiger partial charge in [0.2, 0.25) is 0 Å². The van der Waals surface area contributed by atoms with Crippen molar-refractivity contribution >= 4 is 22.3 Å². The average molecular weight is 268 g/mol. The van der Waals surface area contributed by atoms with Gasteiger partial charge in [0.05, 0.1) is 11.2 Å². The fraction of sp³-hybridized carbons (Fsp3) is 0.214. The molecule has 1 aromatic carbocycles. The van der Waals surface area contributed by atoms with Gasteiger partial charge >= 0.3 is 0 Å². The van der Waals surface area contributed by atoms with Crippen molar-refractivity contribution < 1.29 is 0 Å². The first-order valence-corrected chi connectivity index (χ1v) is 6.45. The highest BCUT2D eigenvalue weighted by molar-refractivity contribution is 5.98. The van der Waals surface area contributed by atoms with Gasteiger partial charge in [-0.2, -0.15) is 0 Å². The standard InChI is InChI=1S/C14H16N6/c1-20-9-18-19-13(20)6-8-16-12-5-4-11(15)10-3-2-7-17-14(10)12/h2-5,7,9,16H,6,8,15H2,1H3. The van der Waals surface area contributed by atoms with Crippen LogP contribution in [0.5, 0.6) is 0 Å². The van der Waals surface area contributed by atoms with E-state index in [9.17, 15) is 0 Å². The molecule has 0 saturated carbocycles. The maximum absolute atomic E-state index is 5.96. The number of nitrogens with one attached hydrogen (secondary N) is 1. The molecule has 0 fully saturated rings. The second-order valence-electron chi connectivity index (χ2n) is 4.64. The second kappa shape index (κ2) is 5.16. The molecule has 0 spiro atoms. The summed E-state index contributed by atoms with van der Waals surface area (Å²) in [7, 11) is 1.94. The van der Waals surface area contributed by atoms with E-state index in [2.05, 4.69) is 20.5 Å². The summed E-state index contributed by atoms with van der Waals surface area (Å²) in [5.74, 6) is 0.949. The van der Waals surface area contributed by atoms with Gasteiger partial charge in [-0.1, -0.05) is 0 Å². The predicted molar refractivity (Wildman–Crippen MR) is 79.4 cm³/mol. The molecule has 102 valence electrons. The number of hydrogen-bond donors (Lipinski definition) is 2. The highest BCUT2D eigenvalue weighted by atomic mass is 15.2. The Morgan fingerprint density at radius 2 is 2.20 bits per heavy atom. The number of hydrogen-bond acceptors (Lipinski definition) is 5. The van der Waals surface area contributed by atoms with Crippen LogP contribution in [0.25, 0.3) is 10.9 Å². The Kier molecular flexibility index (Phi) is 3.20. The predicted octanol–water partition coefficient (Wildman–Crippen LogP) is 1.60. The van der Waals surface area contributed by atoms with E-state index in [1.54, 1.807) is 12.5 Å². The van der Waals surface area contributed by atoms with E-state index >= 15 is 0 Å². The second-order valence-corrected chi connectivity index (χ2v) is 4.64. The van der Waals surface area contributed by atoms with Crippen LogP contribution in [-0.4, -0.2) is 26.3 Å². The Hall–Kier alpha value is -2.63. The molecule has 3 aromatic rings. The highest BCUT2D eigenvalue weighted by Gasteiger charge is 2.05. The van der Waals surface area contributed by atoms with Crippen molar-refractivity contribution in [3.05, 3.63) is 42.6 Å². The molecule has 20 heavy (non-hydrogen) atoms. The van der Waals surface area contributed by atoms with Crippen molar-refractivity contribution in [3.8, 4) is 0 Å². The van der Waals surface area contributed by atoms with Crippen molar-refractivity contribution in [2.45, 2.75) is 6.42 Å². The van der Waals surface area contributed by atoms with Crippen LogP contribution in [0.3, 0.4) is 0 Å². The molecule has 0 aliphatic carbocycles. The van der Waals surface area contributed by atoms with Gasteiger partial charge in [0, 0.05) is 37.3 Å². The van der Waals surface area contributed by atoms with Gasteiger partial charge in [0.1, 0.15) is 12.2 Å². The summed E-state index contributed by atoms with van der Waals surface area (Å²) in [5.41, 5.74) is 8.58. The minimum absolute atomic E-state index is 0.743. The summed E-state index contributed by atoms with van der Waals surface area (Å²) >= 11 is 0. The number of benzene rings is 1. The third-order valence-corrected chi connectivity index (χ3v) is 3.27. The summed E-state index contributed by atoms with van der Waals surface area (Å²) in [6, 6.07) is 7.73. The maximum atomic E-state index is 5.96. The summed E-state index contributed by atoms with van der Waals surface area (Å²) < 4.78 is 1.92. The normalized spacial score (nSPS) is 10.8. The van der Waals surface area contributed by atoms with Crippen LogP contribution in [0, 0.1) is 0 Å². The molecule has 0 aliphatic rings. The summed E-state index contributed by atoms with van der Waals surface area (Å²) in [5, 5.41) is 12.3. The fourth-order valence-corrected chi connectivity index (χ4v) is 2.18. The van der Waals surface area contributed by atoms with E-state index in [1.165, 1.54) is 0 Å². The Morgan fingerprint density at radius 1 is 1.30 bits per heavy atom. The first-order chi connectivity index (χ1) is 9.75. The topological polar surface area (TPSA) is 81.7 Å². The summed E-state index contributed by atoms with van der Waals surface area (Å²) in [6.07, 6.45) is 4.28. The molecule has 0 atom stereocenters. The minimum atomic E-state index is 0.743. The number of aromatic nitrogens is 4. The van der Waals surface area contributed by atoms with Crippen molar-refractivity contribution in [3.63, 3.8) is 0 Å². The lowest BCUT2D eigenvalue weighted by atomic mass is 10.1. The van der Waals surface area contributed by atoms with Gasteiger partial charge in [-0.25, -0.2) is 0 Å². The largest absolute Gasteiger partial charge is 0.398 e. The van der Waals surface area contributed by atoms with Gasteiger partial charge < -0.3 is 15.6 Å². The smallest absolute Gasteiger partial charge is 0.134 e. The number of nitrogens with two attached hydrogens (primary N) is 1. The van der Waals surface area contributed by atoms with E-state index in [-0.39, 0.29) is 0 Å². The number of aryl methyl sites for hydroxylation is 1. The van der Waals surface area contributed by atoms with Crippen LogP contribution in [0.15, 0.2) is 36.8 Å². The van der Waals surface area contributed by atoms with Crippen molar-refractivity contribution in [2.75, 3.05) is 17.6 Å². The van der Waals surface area contributed by atoms with Gasteiger partial charge in [-0.15, -0.1) is 10.2 Å². The molecule has 6 nitrogen and oxygen atoms in total. The quantitative estimate of drug-likeness (QED) is 0.702. The summed E-state index contributed by atoms with van der Waals surface area (Å²) in [6.45, 7) is 0.766. The molecular weight excluding hydrogens is 252 g/mol. The molecule has 3 N–H and O–H groups in total. The monoisotopic (exact) mass is 268 g/mol. The molecule has 0 radical (unpaired) electrons. The number of anilines is 2. The Balaban J connectivity index is 1.78. The molecule has 3 rings (SSSR count). The molecule has 6 heteroatoms. The first kappa shape index (κ1) is 12.4. The summed E-state index contributed by atoms with van der Waals surface area (Å²) in [4.78, 5) is 4.40. The Labute approximate surface area is 116 Å². The van der Waals surface area contributed by atoms with Crippen LogP contribution in [-0.2, 0) is 13.5 Å². The van der Waals surface area contributed by atoms with Crippen LogP contribution >= 0.6 is 0 Å². The number of nitrogen functional groups attached to an aromatic ring is 1. The SMILES string of the molecule is Cn1cnnc1CCNc1ccc(N)c2cccnc12. The fourth-order valence-electron chi connectivity index (χ4n) is 2.18. The van der Waals surface area contributed by atoms with Crippen LogP contribution in [0.1, 0.15) is 5.82 Å². The lowest BCUT2D eigenvalue weighted by molar-refractivity contribution is 0.789. The van der Waals surface area contributed by atoms with Gasteiger partial charge in [0.15, 0.2) is 0 Å². The maximum Gasteiger partial charge on any atom is 0.134 e. The van der Waals surface area contributed by atoms with Crippen molar-refractivity contribution in [1.29, 1.82) is 0 Å². The minimum Gasteiger partial charge on any atom is -0.398 e.